The number of hydrogen-bond donors (Lipinski definition) is 0. The van der Waals surface area contributed by atoms with Crippen LogP contribution in [0.25, 0.3) is 0 Å². The topological polar surface area (TPSA) is 55.6 Å². The highest BCUT2D eigenvalue weighted by atomic mass is 35.5. The molecule has 0 saturated carbocycles. The Kier molecular flexibility index (Phi) is 5.16. The van der Waals surface area contributed by atoms with Crippen molar-refractivity contribution in [3.05, 3.63) is 51.9 Å². The van der Waals surface area contributed by atoms with Gasteiger partial charge in [-0.05, 0) is 44.4 Å². The van der Waals surface area contributed by atoms with Crippen LogP contribution < -0.4 is 0 Å². The van der Waals surface area contributed by atoms with Gasteiger partial charge < -0.3 is 14.2 Å². The third-order valence-electron chi connectivity index (χ3n) is 5.06. The summed E-state index contributed by atoms with van der Waals surface area (Å²) in [7, 11) is 1.83. The summed E-state index contributed by atoms with van der Waals surface area (Å²) in [5, 5.41) is 4.62. The fourth-order valence-electron chi connectivity index (χ4n) is 3.53. The van der Waals surface area contributed by atoms with Crippen molar-refractivity contribution in [3.63, 3.8) is 0 Å². The molecule has 0 bridgehead atoms. The molecule has 0 radical (unpaired) electrons. The number of carbonyl (C=O) groups is 1. The summed E-state index contributed by atoms with van der Waals surface area (Å²) in [5.41, 5.74) is 2.14. The molecule has 0 unspecified atom stereocenters. The lowest BCUT2D eigenvalue weighted by molar-refractivity contribution is -0.140. The molecule has 1 aromatic heterocycles. The quantitative estimate of drug-likeness (QED) is 0.833. The van der Waals surface area contributed by atoms with E-state index in [1.165, 1.54) is 0 Å². The summed E-state index contributed by atoms with van der Waals surface area (Å²) in [6, 6.07) is 7.61. The molecule has 3 rings (SSSR count). The number of rotatable bonds is 4. The predicted molar refractivity (Wildman–Crippen MR) is 95.6 cm³/mol. The van der Waals surface area contributed by atoms with Crippen LogP contribution in [-0.4, -0.2) is 36.2 Å². The SMILES string of the molecule is Cc1noc(C)c1CN(C)C(=O)C1(c2cccc(Cl)c2)CCOCC1. The van der Waals surface area contributed by atoms with Crippen molar-refractivity contribution in [2.24, 2.45) is 0 Å². The molecule has 2 aromatic rings. The Hall–Kier alpha value is -1.85. The van der Waals surface area contributed by atoms with E-state index in [4.69, 9.17) is 20.9 Å². The zero-order valence-corrected chi connectivity index (χ0v) is 15.6. The van der Waals surface area contributed by atoms with E-state index in [-0.39, 0.29) is 5.91 Å². The molecule has 0 atom stereocenters. The van der Waals surface area contributed by atoms with Crippen LogP contribution in [-0.2, 0) is 21.5 Å². The largest absolute Gasteiger partial charge is 0.381 e. The van der Waals surface area contributed by atoms with Crippen LogP contribution in [0.3, 0.4) is 0 Å². The Morgan fingerprint density at radius 1 is 1.32 bits per heavy atom. The number of carbonyl (C=O) groups excluding carboxylic acids is 1. The lowest BCUT2D eigenvalue weighted by atomic mass is 9.73. The summed E-state index contributed by atoms with van der Waals surface area (Å²) in [4.78, 5) is 15.2. The monoisotopic (exact) mass is 362 g/mol. The molecule has 0 aliphatic carbocycles. The molecule has 1 saturated heterocycles. The number of ether oxygens (including phenoxy) is 1. The van der Waals surface area contributed by atoms with Gasteiger partial charge in [0.2, 0.25) is 5.91 Å². The highest BCUT2D eigenvalue weighted by molar-refractivity contribution is 6.30. The molecule has 1 fully saturated rings. The molecule has 6 heteroatoms. The number of benzene rings is 1. The minimum Gasteiger partial charge on any atom is -0.381 e. The molecule has 0 N–H and O–H groups in total. The fraction of sp³-hybridized carbons (Fsp3) is 0.474. The average molecular weight is 363 g/mol. The van der Waals surface area contributed by atoms with E-state index in [2.05, 4.69) is 5.16 Å². The number of amides is 1. The third-order valence-corrected chi connectivity index (χ3v) is 5.29. The maximum absolute atomic E-state index is 13.5. The number of likely N-dealkylation sites (N-methyl/N-ethyl adjacent to an activating group) is 1. The van der Waals surface area contributed by atoms with Crippen molar-refractivity contribution in [1.82, 2.24) is 10.1 Å². The van der Waals surface area contributed by atoms with Gasteiger partial charge in [0, 0.05) is 30.8 Å². The predicted octanol–water partition coefficient (Wildman–Crippen LogP) is 3.65. The molecule has 1 amide bonds. The summed E-state index contributed by atoms with van der Waals surface area (Å²) in [6.07, 6.45) is 1.30. The first-order valence-corrected chi connectivity index (χ1v) is 8.83. The Bertz CT molecular complexity index is 746. The molecular weight excluding hydrogens is 340 g/mol. The lowest BCUT2D eigenvalue weighted by Crippen LogP contribution is -2.48. The molecule has 25 heavy (non-hydrogen) atoms. The first-order chi connectivity index (χ1) is 11.9. The maximum atomic E-state index is 13.5. The van der Waals surface area contributed by atoms with Crippen molar-refractivity contribution in [2.75, 3.05) is 20.3 Å². The second-order valence-electron chi connectivity index (χ2n) is 6.67. The Morgan fingerprint density at radius 2 is 2.04 bits per heavy atom. The molecular formula is C19H23ClN2O3. The number of nitrogens with zero attached hydrogens (tertiary/aromatic N) is 2. The highest BCUT2D eigenvalue weighted by Gasteiger charge is 2.43. The van der Waals surface area contributed by atoms with Crippen LogP contribution in [0, 0.1) is 13.8 Å². The van der Waals surface area contributed by atoms with Crippen molar-refractivity contribution >= 4 is 17.5 Å². The van der Waals surface area contributed by atoms with Gasteiger partial charge in [0.05, 0.1) is 17.7 Å². The van der Waals surface area contributed by atoms with E-state index < -0.39 is 5.41 Å². The summed E-state index contributed by atoms with van der Waals surface area (Å²) < 4.78 is 10.7. The lowest BCUT2D eigenvalue weighted by Gasteiger charge is -2.39. The van der Waals surface area contributed by atoms with Gasteiger partial charge >= 0.3 is 0 Å². The molecule has 134 valence electrons. The van der Waals surface area contributed by atoms with Gasteiger partial charge in [0.15, 0.2) is 0 Å². The van der Waals surface area contributed by atoms with Crippen LogP contribution in [0.5, 0.6) is 0 Å². The van der Waals surface area contributed by atoms with E-state index >= 15 is 0 Å². The summed E-state index contributed by atoms with van der Waals surface area (Å²) >= 11 is 6.19. The van der Waals surface area contributed by atoms with E-state index in [1.54, 1.807) is 4.90 Å². The van der Waals surface area contributed by atoms with E-state index in [0.717, 1.165) is 22.6 Å². The molecule has 5 nitrogen and oxygen atoms in total. The summed E-state index contributed by atoms with van der Waals surface area (Å²) in [5.74, 6) is 0.832. The molecule has 1 aliphatic rings. The van der Waals surface area contributed by atoms with Crippen LogP contribution in [0.1, 0.15) is 35.4 Å². The average Bonchev–Trinajstić information content (AvgIpc) is 2.93. The Morgan fingerprint density at radius 3 is 2.64 bits per heavy atom. The van der Waals surface area contributed by atoms with Gasteiger partial charge in [-0.15, -0.1) is 0 Å². The van der Waals surface area contributed by atoms with Gasteiger partial charge in [-0.1, -0.05) is 28.9 Å². The van der Waals surface area contributed by atoms with Gasteiger partial charge in [0.25, 0.3) is 0 Å². The van der Waals surface area contributed by atoms with Crippen molar-refractivity contribution in [3.8, 4) is 0 Å². The van der Waals surface area contributed by atoms with Crippen molar-refractivity contribution < 1.29 is 14.1 Å². The number of aromatic nitrogens is 1. The Balaban J connectivity index is 1.92. The van der Waals surface area contributed by atoms with Gasteiger partial charge in [0.1, 0.15) is 5.76 Å². The third kappa shape index (κ3) is 3.44. The van der Waals surface area contributed by atoms with Crippen molar-refractivity contribution in [2.45, 2.75) is 38.6 Å². The van der Waals surface area contributed by atoms with Crippen LogP contribution in [0.15, 0.2) is 28.8 Å². The van der Waals surface area contributed by atoms with Crippen LogP contribution in [0.4, 0.5) is 0 Å². The minimum absolute atomic E-state index is 0.0815. The van der Waals surface area contributed by atoms with E-state index in [1.807, 2.05) is 45.2 Å². The van der Waals surface area contributed by atoms with Crippen LogP contribution in [0.2, 0.25) is 5.02 Å². The number of halogens is 1. The second-order valence-corrected chi connectivity index (χ2v) is 7.11. The van der Waals surface area contributed by atoms with Crippen LogP contribution >= 0.6 is 11.6 Å². The number of aryl methyl sites for hydroxylation is 2. The van der Waals surface area contributed by atoms with E-state index in [0.29, 0.717) is 37.6 Å². The van der Waals surface area contributed by atoms with Gasteiger partial charge in [-0.25, -0.2) is 0 Å². The zero-order chi connectivity index (χ0) is 18.0. The molecule has 1 aliphatic heterocycles. The highest BCUT2D eigenvalue weighted by Crippen LogP contribution is 2.38. The van der Waals surface area contributed by atoms with E-state index in [9.17, 15) is 4.79 Å². The standard InChI is InChI=1S/C19H23ClN2O3/c1-13-17(14(2)25-21-13)12-22(3)18(23)19(7-9-24-10-8-19)15-5-4-6-16(20)11-15/h4-6,11H,7-10,12H2,1-3H3. The van der Waals surface area contributed by atoms with Gasteiger partial charge in [-0.2, -0.15) is 0 Å². The Labute approximate surface area is 152 Å². The minimum atomic E-state index is -0.600. The number of hydrogen-bond acceptors (Lipinski definition) is 4. The first-order valence-electron chi connectivity index (χ1n) is 8.45. The molecule has 1 aromatic carbocycles. The first kappa shape index (κ1) is 18.0. The fourth-order valence-corrected chi connectivity index (χ4v) is 3.72. The normalized spacial score (nSPS) is 16.6. The van der Waals surface area contributed by atoms with Crippen molar-refractivity contribution in [1.29, 1.82) is 0 Å². The second kappa shape index (κ2) is 7.18. The maximum Gasteiger partial charge on any atom is 0.233 e. The van der Waals surface area contributed by atoms with Gasteiger partial charge in [-0.3, -0.25) is 4.79 Å². The smallest absolute Gasteiger partial charge is 0.233 e. The molecule has 2 heterocycles. The summed E-state index contributed by atoms with van der Waals surface area (Å²) in [6.45, 7) is 5.37. The molecule has 0 spiro atoms. The zero-order valence-electron chi connectivity index (χ0n) is 14.8.